The summed E-state index contributed by atoms with van der Waals surface area (Å²) in [6, 6.07) is 3.73. The Morgan fingerprint density at radius 3 is 2.70 bits per heavy atom. The molecular formula is C16H25N3O. The van der Waals surface area contributed by atoms with E-state index in [2.05, 4.69) is 31.1 Å². The third-order valence-corrected chi connectivity index (χ3v) is 4.06. The van der Waals surface area contributed by atoms with Crippen LogP contribution in [0.4, 0.5) is 5.69 Å². The summed E-state index contributed by atoms with van der Waals surface area (Å²) >= 11 is 0. The lowest BCUT2D eigenvalue weighted by Crippen LogP contribution is -2.31. The number of carbonyl (C=O) groups excluding carboxylic acids is 1. The first-order valence-electron chi connectivity index (χ1n) is 7.41. The largest absolute Gasteiger partial charge is 0.384 e. The molecule has 1 aliphatic rings. The van der Waals surface area contributed by atoms with Crippen LogP contribution in [0.15, 0.2) is 18.3 Å². The van der Waals surface area contributed by atoms with Crippen LogP contribution in [0.2, 0.25) is 0 Å². The molecule has 4 heteroatoms. The monoisotopic (exact) mass is 275 g/mol. The van der Waals surface area contributed by atoms with Gasteiger partial charge in [-0.1, -0.05) is 20.8 Å². The highest BCUT2D eigenvalue weighted by Gasteiger charge is 2.34. The van der Waals surface area contributed by atoms with E-state index in [1.165, 1.54) is 0 Å². The number of hydrogen-bond donors (Lipinski definition) is 1. The van der Waals surface area contributed by atoms with E-state index in [4.69, 9.17) is 0 Å². The molecule has 0 saturated carbocycles. The summed E-state index contributed by atoms with van der Waals surface area (Å²) in [4.78, 5) is 18.6. The van der Waals surface area contributed by atoms with Gasteiger partial charge in [0.05, 0.1) is 11.9 Å². The van der Waals surface area contributed by atoms with Crippen molar-refractivity contribution in [3.8, 4) is 0 Å². The fourth-order valence-electron chi connectivity index (χ4n) is 2.64. The van der Waals surface area contributed by atoms with Gasteiger partial charge in [-0.3, -0.25) is 4.79 Å². The molecule has 1 fully saturated rings. The fourth-order valence-corrected chi connectivity index (χ4v) is 2.64. The van der Waals surface area contributed by atoms with Crippen LogP contribution in [0.3, 0.4) is 0 Å². The maximum Gasteiger partial charge on any atom is 0.272 e. The zero-order valence-corrected chi connectivity index (χ0v) is 12.9. The minimum Gasteiger partial charge on any atom is -0.384 e. The second-order valence-corrected chi connectivity index (χ2v) is 6.57. The van der Waals surface area contributed by atoms with Crippen molar-refractivity contribution in [1.29, 1.82) is 0 Å². The molecule has 0 spiro atoms. The first-order valence-corrected chi connectivity index (χ1v) is 7.41. The van der Waals surface area contributed by atoms with Gasteiger partial charge in [-0.2, -0.15) is 0 Å². The topological polar surface area (TPSA) is 45.2 Å². The maximum atomic E-state index is 12.4. The van der Waals surface area contributed by atoms with Crippen molar-refractivity contribution in [3.05, 3.63) is 24.0 Å². The van der Waals surface area contributed by atoms with E-state index < -0.39 is 0 Å². The number of nitrogens with one attached hydrogen (secondary N) is 1. The van der Waals surface area contributed by atoms with Crippen molar-refractivity contribution in [2.45, 2.75) is 34.1 Å². The Balaban J connectivity index is 2.01. The quantitative estimate of drug-likeness (QED) is 0.922. The number of rotatable bonds is 3. The van der Waals surface area contributed by atoms with Gasteiger partial charge in [0.2, 0.25) is 0 Å². The highest BCUT2D eigenvalue weighted by Crippen LogP contribution is 2.33. The van der Waals surface area contributed by atoms with Gasteiger partial charge in [0, 0.05) is 19.6 Å². The van der Waals surface area contributed by atoms with Gasteiger partial charge in [-0.25, -0.2) is 4.98 Å². The summed E-state index contributed by atoms with van der Waals surface area (Å²) in [6.45, 7) is 11.3. The van der Waals surface area contributed by atoms with Crippen LogP contribution in [0, 0.1) is 11.3 Å². The molecule has 4 nitrogen and oxygen atoms in total. The second kappa shape index (κ2) is 5.81. The lowest BCUT2D eigenvalue weighted by Gasteiger charge is -2.26. The number of hydrogen-bond acceptors (Lipinski definition) is 3. The van der Waals surface area contributed by atoms with Crippen molar-refractivity contribution in [2.24, 2.45) is 11.3 Å². The Morgan fingerprint density at radius 1 is 1.45 bits per heavy atom. The number of carbonyl (C=O) groups is 1. The molecule has 1 atom stereocenters. The molecule has 0 radical (unpaired) electrons. The number of nitrogens with zero attached hydrogens (tertiary/aromatic N) is 2. The standard InChI is InChI=1S/C16H25N3O/c1-5-17-13-6-7-14(18-10-13)15(20)19-9-8-12(11-19)16(2,3)4/h6-7,10,12,17H,5,8-9,11H2,1-4H3. The molecule has 1 amide bonds. The normalized spacial score (nSPS) is 19.2. The summed E-state index contributed by atoms with van der Waals surface area (Å²) in [7, 11) is 0. The van der Waals surface area contributed by atoms with E-state index in [1.54, 1.807) is 6.20 Å². The van der Waals surface area contributed by atoms with Crippen LogP contribution in [-0.4, -0.2) is 35.4 Å². The molecule has 0 bridgehead atoms. The molecule has 0 aromatic carbocycles. The van der Waals surface area contributed by atoms with E-state index in [9.17, 15) is 4.79 Å². The van der Waals surface area contributed by atoms with E-state index in [0.717, 1.165) is 31.7 Å². The Hall–Kier alpha value is -1.58. The molecule has 1 aromatic heterocycles. The number of aromatic nitrogens is 1. The van der Waals surface area contributed by atoms with Gasteiger partial charge in [0.25, 0.3) is 5.91 Å². The molecular weight excluding hydrogens is 250 g/mol. The van der Waals surface area contributed by atoms with Gasteiger partial charge in [0.1, 0.15) is 5.69 Å². The van der Waals surface area contributed by atoms with E-state index in [0.29, 0.717) is 11.6 Å². The minimum atomic E-state index is 0.0554. The predicted octanol–water partition coefficient (Wildman–Crippen LogP) is 3.02. The van der Waals surface area contributed by atoms with Crippen LogP contribution < -0.4 is 5.32 Å². The average molecular weight is 275 g/mol. The molecule has 1 aromatic rings. The Bertz CT molecular complexity index is 462. The smallest absolute Gasteiger partial charge is 0.272 e. The molecule has 0 aliphatic carbocycles. The number of pyridine rings is 1. The highest BCUT2D eigenvalue weighted by molar-refractivity contribution is 5.92. The third kappa shape index (κ3) is 3.30. The summed E-state index contributed by atoms with van der Waals surface area (Å²) in [5.74, 6) is 0.632. The lowest BCUT2D eigenvalue weighted by molar-refractivity contribution is 0.0771. The molecule has 20 heavy (non-hydrogen) atoms. The highest BCUT2D eigenvalue weighted by atomic mass is 16.2. The number of amides is 1. The third-order valence-electron chi connectivity index (χ3n) is 4.06. The fraction of sp³-hybridized carbons (Fsp3) is 0.625. The summed E-state index contributed by atoms with van der Waals surface area (Å²) in [5.41, 5.74) is 1.76. The first kappa shape index (κ1) is 14.8. The van der Waals surface area contributed by atoms with Crippen LogP contribution in [0.5, 0.6) is 0 Å². The van der Waals surface area contributed by atoms with Crippen LogP contribution in [0.25, 0.3) is 0 Å². The molecule has 1 saturated heterocycles. The van der Waals surface area contributed by atoms with E-state index in [1.807, 2.05) is 24.0 Å². The molecule has 1 aliphatic heterocycles. The van der Waals surface area contributed by atoms with Crippen LogP contribution >= 0.6 is 0 Å². The Kier molecular flexibility index (Phi) is 4.31. The molecule has 2 rings (SSSR count). The molecule has 2 heterocycles. The molecule has 1 unspecified atom stereocenters. The van der Waals surface area contributed by atoms with Gasteiger partial charge < -0.3 is 10.2 Å². The van der Waals surface area contributed by atoms with Crippen molar-refractivity contribution in [1.82, 2.24) is 9.88 Å². The first-order chi connectivity index (χ1) is 9.41. The van der Waals surface area contributed by atoms with Crippen molar-refractivity contribution >= 4 is 11.6 Å². The van der Waals surface area contributed by atoms with Crippen molar-refractivity contribution in [2.75, 3.05) is 25.0 Å². The predicted molar refractivity (Wildman–Crippen MR) is 81.9 cm³/mol. The summed E-state index contributed by atoms with van der Waals surface area (Å²) < 4.78 is 0. The zero-order chi connectivity index (χ0) is 14.8. The van der Waals surface area contributed by atoms with Crippen LogP contribution in [0.1, 0.15) is 44.6 Å². The lowest BCUT2D eigenvalue weighted by atomic mass is 9.80. The zero-order valence-electron chi connectivity index (χ0n) is 12.9. The van der Waals surface area contributed by atoms with Gasteiger partial charge in [-0.05, 0) is 36.8 Å². The molecule has 110 valence electrons. The van der Waals surface area contributed by atoms with Gasteiger partial charge >= 0.3 is 0 Å². The maximum absolute atomic E-state index is 12.4. The van der Waals surface area contributed by atoms with Gasteiger partial charge in [0.15, 0.2) is 0 Å². The second-order valence-electron chi connectivity index (χ2n) is 6.57. The SMILES string of the molecule is CCNc1ccc(C(=O)N2CCC(C(C)(C)C)C2)nc1. The van der Waals surface area contributed by atoms with Gasteiger partial charge in [-0.15, -0.1) is 0 Å². The summed E-state index contributed by atoms with van der Waals surface area (Å²) in [6.07, 6.45) is 2.82. The minimum absolute atomic E-state index is 0.0554. The summed E-state index contributed by atoms with van der Waals surface area (Å²) in [5, 5.41) is 3.18. The number of likely N-dealkylation sites (tertiary alicyclic amines) is 1. The number of anilines is 1. The Morgan fingerprint density at radius 2 is 2.20 bits per heavy atom. The van der Waals surface area contributed by atoms with Crippen LogP contribution in [-0.2, 0) is 0 Å². The Labute approximate surface area is 121 Å². The average Bonchev–Trinajstić information content (AvgIpc) is 2.89. The molecule has 1 N–H and O–H groups in total. The van der Waals surface area contributed by atoms with E-state index >= 15 is 0 Å². The van der Waals surface area contributed by atoms with Crippen molar-refractivity contribution in [3.63, 3.8) is 0 Å². The van der Waals surface area contributed by atoms with Crippen molar-refractivity contribution < 1.29 is 4.79 Å². The van der Waals surface area contributed by atoms with E-state index in [-0.39, 0.29) is 11.3 Å².